The zero-order valence-electron chi connectivity index (χ0n) is 13.1. The Morgan fingerprint density at radius 3 is 2.55 bits per heavy atom. The number of methoxy groups -OCH3 is 1. The summed E-state index contributed by atoms with van der Waals surface area (Å²) in [6.07, 6.45) is 0. The number of likely N-dealkylation sites (N-methyl/N-ethyl adjacent to an activating group) is 1. The highest BCUT2D eigenvalue weighted by atomic mass is 19.1. The smallest absolute Gasteiger partial charge is 0.234 e. The minimum Gasteiger partial charge on any atom is -0.494 e. The SMILES string of the molecule is COc1ccc(CN(C)CC(=O)NCCNC(C)=O)cc1F. The molecule has 2 N–H and O–H groups in total. The van der Waals surface area contributed by atoms with E-state index in [0.29, 0.717) is 19.6 Å². The molecule has 0 unspecified atom stereocenters. The second kappa shape index (κ2) is 8.99. The Morgan fingerprint density at radius 2 is 1.95 bits per heavy atom. The third kappa shape index (κ3) is 6.53. The normalized spacial score (nSPS) is 10.4. The minimum atomic E-state index is -0.423. The van der Waals surface area contributed by atoms with E-state index in [2.05, 4.69) is 10.6 Å². The molecule has 0 fully saturated rings. The summed E-state index contributed by atoms with van der Waals surface area (Å²) in [5.41, 5.74) is 0.756. The average Bonchev–Trinajstić information content (AvgIpc) is 2.43. The van der Waals surface area contributed by atoms with Gasteiger partial charge in [-0.05, 0) is 24.7 Å². The molecular weight excluding hydrogens is 289 g/mol. The molecule has 0 aliphatic rings. The van der Waals surface area contributed by atoms with Gasteiger partial charge in [-0.3, -0.25) is 14.5 Å². The summed E-state index contributed by atoms with van der Waals surface area (Å²) in [5, 5.41) is 5.29. The summed E-state index contributed by atoms with van der Waals surface area (Å²) in [6.45, 7) is 2.83. The van der Waals surface area contributed by atoms with Crippen LogP contribution in [0.2, 0.25) is 0 Å². The number of rotatable bonds is 8. The maximum absolute atomic E-state index is 13.6. The number of carbonyl (C=O) groups is 2. The quantitative estimate of drug-likeness (QED) is 0.687. The van der Waals surface area contributed by atoms with Gasteiger partial charge in [-0.15, -0.1) is 0 Å². The van der Waals surface area contributed by atoms with Crippen LogP contribution in [0.1, 0.15) is 12.5 Å². The maximum Gasteiger partial charge on any atom is 0.234 e. The zero-order chi connectivity index (χ0) is 16.5. The first-order chi connectivity index (χ1) is 10.4. The average molecular weight is 311 g/mol. The third-order valence-electron chi connectivity index (χ3n) is 2.90. The molecule has 0 saturated carbocycles. The molecule has 0 saturated heterocycles. The molecule has 22 heavy (non-hydrogen) atoms. The Labute approximate surface area is 129 Å². The Balaban J connectivity index is 2.36. The van der Waals surface area contributed by atoms with Gasteiger partial charge in [0.05, 0.1) is 13.7 Å². The molecule has 0 aliphatic heterocycles. The molecule has 122 valence electrons. The highest BCUT2D eigenvalue weighted by molar-refractivity contribution is 5.78. The number of hydrogen-bond acceptors (Lipinski definition) is 4. The summed E-state index contributed by atoms with van der Waals surface area (Å²) in [7, 11) is 3.19. The van der Waals surface area contributed by atoms with Gasteiger partial charge in [0.15, 0.2) is 11.6 Å². The molecule has 0 atom stereocenters. The summed E-state index contributed by atoms with van der Waals surface area (Å²) >= 11 is 0. The van der Waals surface area contributed by atoms with Crippen molar-refractivity contribution in [3.63, 3.8) is 0 Å². The van der Waals surface area contributed by atoms with Crippen LogP contribution in [0.5, 0.6) is 5.75 Å². The van der Waals surface area contributed by atoms with E-state index in [9.17, 15) is 14.0 Å². The molecular formula is C15H22FN3O3. The fraction of sp³-hybridized carbons (Fsp3) is 0.467. The predicted octanol–water partition coefficient (Wildman–Crippen LogP) is 0.518. The van der Waals surface area contributed by atoms with Crippen molar-refractivity contribution in [2.75, 3.05) is 33.8 Å². The molecule has 0 bridgehead atoms. The second-order valence-electron chi connectivity index (χ2n) is 4.97. The minimum absolute atomic E-state index is 0.132. The van der Waals surface area contributed by atoms with E-state index in [1.54, 1.807) is 24.1 Å². The lowest BCUT2D eigenvalue weighted by Crippen LogP contribution is -2.38. The number of nitrogens with one attached hydrogen (secondary N) is 2. The molecule has 0 spiro atoms. The maximum atomic E-state index is 13.6. The van der Waals surface area contributed by atoms with E-state index in [-0.39, 0.29) is 24.1 Å². The summed E-state index contributed by atoms with van der Waals surface area (Å²) in [6, 6.07) is 4.71. The van der Waals surface area contributed by atoms with Gasteiger partial charge in [-0.2, -0.15) is 0 Å². The van der Waals surface area contributed by atoms with Crippen LogP contribution in [0.3, 0.4) is 0 Å². The lowest BCUT2D eigenvalue weighted by atomic mass is 10.2. The fourth-order valence-electron chi connectivity index (χ4n) is 1.92. The number of nitrogens with zero attached hydrogens (tertiary/aromatic N) is 1. The highest BCUT2D eigenvalue weighted by Crippen LogP contribution is 2.18. The van der Waals surface area contributed by atoms with Crippen molar-refractivity contribution >= 4 is 11.8 Å². The van der Waals surface area contributed by atoms with Crippen molar-refractivity contribution in [2.45, 2.75) is 13.5 Å². The molecule has 2 amide bonds. The fourth-order valence-corrected chi connectivity index (χ4v) is 1.92. The lowest BCUT2D eigenvalue weighted by Gasteiger charge is -2.17. The standard InChI is InChI=1S/C15H22FN3O3/c1-11(20)17-6-7-18-15(21)10-19(2)9-12-4-5-14(22-3)13(16)8-12/h4-5,8H,6-7,9-10H2,1-3H3,(H,17,20)(H,18,21). The first-order valence-corrected chi connectivity index (χ1v) is 6.94. The van der Waals surface area contributed by atoms with Gasteiger partial charge in [0.2, 0.25) is 11.8 Å². The first-order valence-electron chi connectivity index (χ1n) is 6.94. The van der Waals surface area contributed by atoms with Crippen LogP contribution in [-0.4, -0.2) is 50.5 Å². The zero-order valence-corrected chi connectivity index (χ0v) is 13.1. The summed E-state index contributed by atoms with van der Waals surface area (Å²) < 4.78 is 18.4. The van der Waals surface area contributed by atoms with E-state index in [1.165, 1.54) is 20.1 Å². The van der Waals surface area contributed by atoms with E-state index in [1.807, 2.05) is 0 Å². The number of amides is 2. The van der Waals surface area contributed by atoms with Crippen LogP contribution in [0.4, 0.5) is 4.39 Å². The Hall–Kier alpha value is -2.15. The second-order valence-corrected chi connectivity index (χ2v) is 4.97. The number of carbonyl (C=O) groups excluding carboxylic acids is 2. The van der Waals surface area contributed by atoms with Crippen LogP contribution in [0, 0.1) is 5.82 Å². The van der Waals surface area contributed by atoms with Crippen molar-refractivity contribution in [1.82, 2.24) is 15.5 Å². The number of halogens is 1. The van der Waals surface area contributed by atoms with Gasteiger partial charge in [-0.1, -0.05) is 6.07 Å². The van der Waals surface area contributed by atoms with Gasteiger partial charge < -0.3 is 15.4 Å². The molecule has 0 aliphatic carbocycles. The molecule has 6 nitrogen and oxygen atoms in total. The van der Waals surface area contributed by atoms with Gasteiger partial charge in [0, 0.05) is 26.6 Å². The molecule has 1 aromatic rings. The van der Waals surface area contributed by atoms with Crippen molar-refractivity contribution in [3.8, 4) is 5.75 Å². The third-order valence-corrected chi connectivity index (χ3v) is 2.90. The van der Waals surface area contributed by atoms with E-state index in [0.717, 1.165) is 5.56 Å². The molecule has 1 aromatic carbocycles. The predicted molar refractivity (Wildman–Crippen MR) is 81.0 cm³/mol. The largest absolute Gasteiger partial charge is 0.494 e. The van der Waals surface area contributed by atoms with Crippen LogP contribution in [0.25, 0.3) is 0 Å². The van der Waals surface area contributed by atoms with Crippen molar-refractivity contribution < 1.29 is 18.7 Å². The Kier molecular flexibility index (Phi) is 7.31. The first kappa shape index (κ1) is 17.9. The van der Waals surface area contributed by atoms with Gasteiger partial charge in [-0.25, -0.2) is 4.39 Å². The summed E-state index contributed by atoms with van der Waals surface area (Å²) in [5.74, 6) is -0.509. The van der Waals surface area contributed by atoms with Gasteiger partial charge in [0.1, 0.15) is 0 Å². The molecule has 0 heterocycles. The highest BCUT2D eigenvalue weighted by Gasteiger charge is 2.09. The van der Waals surface area contributed by atoms with Crippen molar-refractivity contribution in [3.05, 3.63) is 29.6 Å². The summed E-state index contributed by atoms with van der Waals surface area (Å²) in [4.78, 5) is 24.1. The topological polar surface area (TPSA) is 70.7 Å². The number of hydrogen-bond donors (Lipinski definition) is 2. The van der Waals surface area contributed by atoms with E-state index >= 15 is 0 Å². The van der Waals surface area contributed by atoms with Crippen LogP contribution in [0.15, 0.2) is 18.2 Å². The number of benzene rings is 1. The van der Waals surface area contributed by atoms with E-state index in [4.69, 9.17) is 4.74 Å². The lowest BCUT2D eigenvalue weighted by molar-refractivity contribution is -0.122. The van der Waals surface area contributed by atoms with Gasteiger partial charge >= 0.3 is 0 Å². The van der Waals surface area contributed by atoms with Crippen LogP contribution in [-0.2, 0) is 16.1 Å². The van der Waals surface area contributed by atoms with Gasteiger partial charge in [0.25, 0.3) is 0 Å². The number of ether oxygens (including phenoxy) is 1. The van der Waals surface area contributed by atoms with Crippen molar-refractivity contribution in [2.24, 2.45) is 0 Å². The Morgan fingerprint density at radius 1 is 1.27 bits per heavy atom. The van der Waals surface area contributed by atoms with Crippen LogP contribution >= 0.6 is 0 Å². The molecule has 7 heteroatoms. The molecule has 1 rings (SSSR count). The monoisotopic (exact) mass is 311 g/mol. The molecule has 0 aromatic heterocycles. The van der Waals surface area contributed by atoms with E-state index < -0.39 is 5.82 Å². The van der Waals surface area contributed by atoms with Crippen molar-refractivity contribution in [1.29, 1.82) is 0 Å². The Bertz CT molecular complexity index is 523. The molecule has 0 radical (unpaired) electrons. The van der Waals surface area contributed by atoms with Crippen LogP contribution < -0.4 is 15.4 Å².